The van der Waals surface area contributed by atoms with Crippen molar-refractivity contribution >= 4 is 21.9 Å². The average molecular weight is 365 g/mol. The Kier molecular flexibility index (Phi) is 5.49. The number of halogens is 1. The van der Waals surface area contributed by atoms with Crippen LogP contribution in [-0.2, 0) is 9.53 Å². The van der Waals surface area contributed by atoms with Gasteiger partial charge in [-0.2, -0.15) is 0 Å². The van der Waals surface area contributed by atoms with Crippen LogP contribution in [0.15, 0.2) is 40.4 Å². The van der Waals surface area contributed by atoms with Gasteiger partial charge >= 0.3 is 5.97 Å². The first-order chi connectivity index (χ1) is 10.3. The van der Waals surface area contributed by atoms with E-state index >= 15 is 0 Å². The van der Waals surface area contributed by atoms with E-state index in [0.717, 1.165) is 29.3 Å². The van der Waals surface area contributed by atoms with Gasteiger partial charge in [-0.1, -0.05) is 60.5 Å². The lowest BCUT2D eigenvalue weighted by atomic mass is 9.73. The lowest BCUT2D eigenvalue weighted by molar-refractivity contribution is -0.143. The molecule has 0 radical (unpaired) electrons. The SMILES string of the molecule is COC(=O)[C@@H](c1ccc(Br)cc1)[C@H]1C=C(C(C)(C)C)CCC1. The molecule has 2 rings (SSSR count). The predicted octanol–water partition coefficient (Wildman–Crippen LogP) is 5.48. The van der Waals surface area contributed by atoms with Crippen molar-refractivity contribution in [2.45, 2.75) is 46.0 Å². The number of carbonyl (C=O) groups excluding carboxylic acids is 1. The molecule has 1 aliphatic rings. The van der Waals surface area contributed by atoms with E-state index in [4.69, 9.17) is 4.74 Å². The van der Waals surface area contributed by atoms with Gasteiger partial charge in [-0.05, 0) is 48.3 Å². The van der Waals surface area contributed by atoms with E-state index < -0.39 is 0 Å². The number of hydrogen-bond donors (Lipinski definition) is 0. The molecule has 0 saturated carbocycles. The minimum Gasteiger partial charge on any atom is -0.469 e. The molecule has 0 heterocycles. The Balaban J connectivity index is 2.37. The molecular formula is C19H25BrO2. The molecule has 2 atom stereocenters. The Morgan fingerprint density at radius 1 is 1.27 bits per heavy atom. The van der Waals surface area contributed by atoms with E-state index in [1.54, 1.807) is 0 Å². The molecule has 0 unspecified atom stereocenters. The summed E-state index contributed by atoms with van der Waals surface area (Å²) in [5.41, 5.74) is 2.65. The van der Waals surface area contributed by atoms with Gasteiger partial charge in [0.05, 0.1) is 13.0 Å². The molecule has 1 aliphatic carbocycles. The largest absolute Gasteiger partial charge is 0.469 e. The van der Waals surface area contributed by atoms with Gasteiger partial charge in [-0.3, -0.25) is 4.79 Å². The minimum absolute atomic E-state index is 0.140. The first-order valence-corrected chi connectivity index (χ1v) is 8.66. The van der Waals surface area contributed by atoms with E-state index in [0.29, 0.717) is 0 Å². The van der Waals surface area contributed by atoms with E-state index in [-0.39, 0.29) is 23.2 Å². The van der Waals surface area contributed by atoms with Crippen molar-refractivity contribution in [2.75, 3.05) is 7.11 Å². The van der Waals surface area contributed by atoms with E-state index in [2.05, 4.69) is 42.8 Å². The molecule has 1 aromatic carbocycles. The number of ether oxygens (including phenoxy) is 1. The van der Waals surface area contributed by atoms with Crippen molar-refractivity contribution in [1.29, 1.82) is 0 Å². The monoisotopic (exact) mass is 364 g/mol. The Hall–Kier alpha value is -1.09. The normalized spacial score (nSPS) is 20.2. The third kappa shape index (κ3) is 4.01. The molecule has 0 N–H and O–H groups in total. The molecule has 0 aliphatic heterocycles. The summed E-state index contributed by atoms with van der Waals surface area (Å²) in [5, 5.41) is 0. The van der Waals surface area contributed by atoms with Crippen molar-refractivity contribution < 1.29 is 9.53 Å². The molecule has 0 fully saturated rings. The Morgan fingerprint density at radius 2 is 1.91 bits per heavy atom. The van der Waals surface area contributed by atoms with Gasteiger partial charge in [-0.15, -0.1) is 0 Å². The summed E-state index contributed by atoms with van der Waals surface area (Å²) in [6, 6.07) is 8.01. The van der Waals surface area contributed by atoms with Crippen molar-refractivity contribution in [3.63, 3.8) is 0 Å². The number of esters is 1. The molecule has 0 saturated heterocycles. The van der Waals surface area contributed by atoms with Crippen LogP contribution in [0.5, 0.6) is 0 Å². The Labute approximate surface area is 142 Å². The first kappa shape index (κ1) is 17.3. The fourth-order valence-electron chi connectivity index (χ4n) is 3.20. The van der Waals surface area contributed by atoms with Crippen LogP contribution in [-0.4, -0.2) is 13.1 Å². The second-order valence-corrected chi connectivity index (χ2v) is 7.97. The Bertz CT molecular complexity index is 552. The number of allylic oxidation sites excluding steroid dienone is 2. The summed E-state index contributed by atoms with van der Waals surface area (Å²) in [7, 11) is 1.48. The zero-order chi connectivity index (χ0) is 16.3. The van der Waals surface area contributed by atoms with Gasteiger partial charge in [0.15, 0.2) is 0 Å². The maximum absolute atomic E-state index is 12.4. The third-order valence-electron chi connectivity index (χ3n) is 4.47. The van der Waals surface area contributed by atoms with Gasteiger partial charge in [0, 0.05) is 4.47 Å². The number of hydrogen-bond acceptors (Lipinski definition) is 2. The molecular weight excluding hydrogens is 340 g/mol. The van der Waals surface area contributed by atoms with Crippen LogP contribution in [0.1, 0.15) is 51.5 Å². The summed E-state index contributed by atoms with van der Waals surface area (Å²) in [6.07, 6.45) is 5.63. The van der Waals surface area contributed by atoms with Crippen molar-refractivity contribution in [2.24, 2.45) is 11.3 Å². The highest BCUT2D eigenvalue weighted by molar-refractivity contribution is 9.10. The lowest BCUT2D eigenvalue weighted by Crippen LogP contribution is -2.25. The van der Waals surface area contributed by atoms with Crippen LogP contribution in [0.4, 0.5) is 0 Å². The summed E-state index contributed by atoms with van der Waals surface area (Å²) >= 11 is 3.45. The second-order valence-electron chi connectivity index (χ2n) is 7.05. The highest BCUT2D eigenvalue weighted by Crippen LogP contribution is 2.40. The minimum atomic E-state index is -0.212. The zero-order valence-corrected chi connectivity index (χ0v) is 15.4. The molecule has 0 amide bonds. The standard InChI is InChI=1S/C19H25BrO2/c1-19(2,3)15-7-5-6-14(12-15)17(18(21)22-4)13-8-10-16(20)11-9-13/h8-12,14,17H,5-7H2,1-4H3/t14-,17+/m1/s1. The van der Waals surface area contributed by atoms with E-state index in [1.165, 1.54) is 12.7 Å². The average Bonchev–Trinajstić information content (AvgIpc) is 2.49. The number of methoxy groups -OCH3 is 1. The number of benzene rings is 1. The number of carbonyl (C=O) groups is 1. The lowest BCUT2D eigenvalue weighted by Gasteiger charge is -2.32. The van der Waals surface area contributed by atoms with Gasteiger partial charge in [0.2, 0.25) is 0 Å². The molecule has 3 heteroatoms. The summed E-state index contributed by atoms with van der Waals surface area (Å²) in [4.78, 5) is 12.4. The van der Waals surface area contributed by atoms with Gasteiger partial charge in [0.1, 0.15) is 0 Å². The highest BCUT2D eigenvalue weighted by Gasteiger charge is 2.33. The van der Waals surface area contributed by atoms with Gasteiger partial charge in [-0.25, -0.2) is 0 Å². The molecule has 120 valence electrons. The molecule has 1 aromatic rings. The molecule has 2 nitrogen and oxygen atoms in total. The zero-order valence-electron chi connectivity index (χ0n) is 13.9. The molecule has 22 heavy (non-hydrogen) atoms. The van der Waals surface area contributed by atoms with Crippen LogP contribution >= 0.6 is 15.9 Å². The van der Waals surface area contributed by atoms with Gasteiger partial charge in [0.25, 0.3) is 0 Å². The molecule has 0 spiro atoms. The maximum Gasteiger partial charge on any atom is 0.313 e. The predicted molar refractivity (Wildman–Crippen MR) is 93.8 cm³/mol. The Morgan fingerprint density at radius 3 is 2.45 bits per heavy atom. The van der Waals surface area contributed by atoms with Gasteiger partial charge < -0.3 is 4.74 Å². The van der Waals surface area contributed by atoms with Crippen LogP contribution in [0, 0.1) is 11.3 Å². The third-order valence-corrected chi connectivity index (χ3v) is 5.00. The number of rotatable bonds is 3. The second kappa shape index (κ2) is 6.99. The maximum atomic E-state index is 12.4. The van der Waals surface area contributed by atoms with E-state index in [1.807, 2.05) is 24.3 Å². The van der Waals surface area contributed by atoms with Crippen LogP contribution in [0.25, 0.3) is 0 Å². The fourth-order valence-corrected chi connectivity index (χ4v) is 3.46. The van der Waals surface area contributed by atoms with E-state index in [9.17, 15) is 4.79 Å². The summed E-state index contributed by atoms with van der Waals surface area (Å²) in [6.45, 7) is 6.73. The molecule has 0 bridgehead atoms. The fraction of sp³-hybridized carbons (Fsp3) is 0.526. The van der Waals surface area contributed by atoms with Crippen molar-refractivity contribution in [3.05, 3.63) is 46.0 Å². The first-order valence-electron chi connectivity index (χ1n) is 7.87. The summed E-state index contributed by atoms with van der Waals surface area (Å²) < 4.78 is 6.11. The van der Waals surface area contributed by atoms with Crippen LogP contribution < -0.4 is 0 Å². The highest BCUT2D eigenvalue weighted by atomic mass is 79.9. The van der Waals surface area contributed by atoms with Crippen molar-refractivity contribution in [1.82, 2.24) is 0 Å². The van der Waals surface area contributed by atoms with Crippen LogP contribution in [0.2, 0.25) is 0 Å². The topological polar surface area (TPSA) is 26.3 Å². The summed E-state index contributed by atoms with van der Waals surface area (Å²) in [5.74, 6) is -0.133. The molecule has 0 aromatic heterocycles. The van der Waals surface area contributed by atoms with Crippen LogP contribution in [0.3, 0.4) is 0 Å². The smallest absolute Gasteiger partial charge is 0.313 e. The quantitative estimate of drug-likeness (QED) is 0.524. The van der Waals surface area contributed by atoms with Crippen molar-refractivity contribution in [3.8, 4) is 0 Å².